The van der Waals surface area contributed by atoms with Gasteiger partial charge in [0.25, 0.3) is 0 Å². The van der Waals surface area contributed by atoms with Crippen LogP contribution in [0.3, 0.4) is 0 Å². The van der Waals surface area contributed by atoms with Crippen LogP contribution in [0.15, 0.2) is 41.9 Å². The molecule has 0 aromatic heterocycles. The van der Waals surface area contributed by atoms with Gasteiger partial charge in [-0.15, -0.1) is 0 Å². The van der Waals surface area contributed by atoms with Crippen LogP contribution in [0.2, 0.25) is 0 Å². The molecule has 0 radical (unpaired) electrons. The van der Waals surface area contributed by atoms with Gasteiger partial charge in [-0.1, -0.05) is 36.4 Å². The van der Waals surface area contributed by atoms with E-state index in [9.17, 15) is 0 Å². The molecule has 140 valence electrons. The maximum atomic E-state index is 6.27. The van der Waals surface area contributed by atoms with E-state index in [1.165, 1.54) is 11.0 Å². The standard InChI is InChI=1S/C21H31BN2O2/c1-16-12-24-14-18(22-25-20(2,3)21(4,5)26-22)11-19(24)15-23(16)13-17-9-7-6-8-10-17/h6-11,16,19H,12-15H2,1-5H3/t16-,19+/m1/s1. The Kier molecular flexibility index (Phi) is 4.55. The highest BCUT2D eigenvalue weighted by molar-refractivity contribution is 6.55. The second-order valence-corrected chi connectivity index (χ2v) is 9.09. The van der Waals surface area contributed by atoms with Gasteiger partial charge >= 0.3 is 7.12 Å². The summed E-state index contributed by atoms with van der Waals surface area (Å²) in [6.45, 7) is 15.0. The van der Waals surface area contributed by atoms with Crippen molar-refractivity contribution in [3.8, 4) is 0 Å². The van der Waals surface area contributed by atoms with Gasteiger partial charge in [-0.25, -0.2) is 0 Å². The van der Waals surface area contributed by atoms with Crippen molar-refractivity contribution in [2.45, 2.75) is 64.4 Å². The first-order chi connectivity index (χ1) is 12.2. The SMILES string of the molecule is C[C@@H]1CN2CC(B3OC(C)(C)C(C)(C)O3)=C[C@H]2CN1Cc1ccccc1. The first-order valence-corrected chi connectivity index (χ1v) is 9.83. The zero-order valence-corrected chi connectivity index (χ0v) is 16.7. The third kappa shape index (κ3) is 3.26. The molecule has 3 aliphatic rings. The molecule has 2 saturated heterocycles. The molecule has 0 amide bonds. The maximum absolute atomic E-state index is 6.27. The molecule has 0 unspecified atom stereocenters. The van der Waals surface area contributed by atoms with Crippen molar-refractivity contribution in [1.82, 2.24) is 9.80 Å². The Morgan fingerprint density at radius 3 is 2.35 bits per heavy atom. The van der Waals surface area contributed by atoms with E-state index in [0.29, 0.717) is 12.1 Å². The van der Waals surface area contributed by atoms with E-state index in [0.717, 1.165) is 26.2 Å². The number of benzene rings is 1. The predicted molar refractivity (Wildman–Crippen MR) is 106 cm³/mol. The number of piperazine rings is 1. The Morgan fingerprint density at radius 2 is 1.69 bits per heavy atom. The van der Waals surface area contributed by atoms with E-state index in [4.69, 9.17) is 9.31 Å². The molecule has 26 heavy (non-hydrogen) atoms. The molecule has 0 spiro atoms. The quantitative estimate of drug-likeness (QED) is 0.779. The van der Waals surface area contributed by atoms with Crippen LogP contribution in [0.25, 0.3) is 0 Å². The van der Waals surface area contributed by atoms with Gasteiger partial charge in [-0.05, 0) is 45.7 Å². The maximum Gasteiger partial charge on any atom is 0.491 e. The molecule has 1 aromatic rings. The predicted octanol–water partition coefficient (Wildman–Crippen LogP) is 3.13. The third-order valence-corrected chi connectivity index (χ3v) is 6.59. The third-order valence-electron chi connectivity index (χ3n) is 6.59. The summed E-state index contributed by atoms with van der Waals surface area (Å²) in [6, 6.07) is 11.8. The Bertz CT molecular complexity index is 673. The molecule has 3 heterocycles. The smallest absolute Gasteiger partial charge is 0.400 e. The largest absolute Gasteiger partial charge is 0.491 e. The summed E-state index contributed by atoms with van der Waals surface area (Å²) in [6.07, 6.45) is 2.39. The minimum atomic E-state index is -0.270. The molecule has 0 saturated carbocycles. The van der Waals surface area contributed by atoms with Crippen LogP contribution in [-0.4, -0.2) is 59.8 Å². The van der Waals surface area contributed by atoms with Gasteiger partial charge in [-0.2, -0.15) is 0 Å². The molecule has 1 aromatic carbocycles. The summed E-state index contributed by atoms with van der Waals surface area (Å²) in [5, 5.41) is 0. The van der Waals surface area contributed by atoms with Crippen molar-refractivity contribution in [3.63, 3.8) is 0 Å². The minimum absolute atomic E-state index is 0.205. The summed E-state index contributed by atoms with van der Waals surface area (Å²) in [5.74, 6) is 0. The number of hydrogen-bond acceptors (Lipinski definition) is 4. The molecular formula is C21H31BN2O2. The second kappa shape index (κ2) is 6.48. The van der Waals surface area contributed by atoms with E-state index >= 15 is 0 Å². The highest BCUT2D eigenvalue weighted by Crippen LogP contribution is 2.40. The van der Waals surface area contributed by atoms with Crippen LogP contribution in [0, 0.1) is 0 Å². The van der Waals surface area contributed by atoms with Gasteiger partial charge in [0.05, 0.1) is 11.2 Å². The van der Waals surface area contributed by atoms with Crippen LogP contribution in [0.4, 0.5) is 0 Å². The Labute approximate surface area is 158 Å². The molecule has 2 fully saturated rings. The summed E-state index contributed by atoms with van der Waals surface area (Å²) in [4.78, 5) is 5.17. The number of rotatable bonds is 3. The number of fused-ring (bicyclic) bond motifs is 1. The summed E-state index contributed by atoms with van der Waals surface area (Å²) < 4.78 is 12.5. The lowest BCUT2D eigenvalue weighted by Crippen LogP contribution is -2.54. The van der Waals surface area contributed by atoms with E-state index in [-0.39, 0.29) is 18.3 Å². The molecule has 4 rings (SSSR count). The fourth-order valence-corrected chi connectivity index (χ4v) is 4.19. The van der Waals surface area contributed by atoms with Crippen molar-refractivity contribution >= 4 is 7.12 Å². The first kappa shape index (κ1) is 18.2. The van der Waals surface area contributed by atoms with Crippen molar-refractivity contribution in [2.75, 3.05) is 19.6 Å². The Balaban J connectivity index is 1.45. The monoisotopic (exact) mass is 354 g/mol. The minimum Gasteiger partial charge on any atom is -0.400 e. The molecule has 0 aliphatic carbocycles. The highest BCUT2D eigenvalue weighted by Gasteiger charge is 2.53. The van der Waals surface area contributed by atoms with Crippen molar-refractivity contribution < 1.29 is 9.31 Å². The van der Waals surface area contributed by atoms with Crippen LogP contribution < -0.4 is 0 Å². The Hall–Kier alpha value is -1.14. The lowest BCUT2D eigenvalue weighted by molar-refractivity contribution is 0.00578. The lowest BCUT2D eigenvalue weighted by atomic mass is 9.78. The zero-order valence-electron chi connectivity index (χ0n) is 16.7. The fourth-order valence-electron chi connectivity index (χ4n) is 4.19. The van der Waals surface area contributed by atoms with E-state index < -0.39 is 0 Å². The van der Waals surface area contributed by atoms with Gasteiger partial charge < -0.3 is 9.31 Å². The molecule has 0 N–H and O–H groups in total. The molecule has 4 nitrogen and oxygen atoms in total. The molecule has 2 atom stereocenters. The number of nitrogens with zero attached hydrogens (tertiary/aromatic N) is 2. The molecular weight excluding hydrogens is 323 g/mol. The lowest BCUT2D eigenvalue weighted by Gasteiger charge is -2.42. The van der Waals surface area contributed by atoms with Crippen molar-refractivity contribution in [1.29, 1.82) is 0 Å². The molecule has 0 bridgehead atoms. The second-order valence-electron chi connectivity index (χ2n) is 9.09. The first-order valence-electron chi connectivity index (χ1n) is 9.83. The average Bonchev–Trinajstić information content (AvgIpc) is 3.06. The molecule has 5 heteroatoms. The summed E-state index contributed by atoms with van der Waals surface area (Å²) >= 11 is 0. The van der Waals surface area contributed by atoms with E-state index in [1.807, 2.05) is 0 Å². The van der Waals surface area contributed by atoms with Gasteiger partial charge in [0, 0.05) is 38.3 Å². The van der Waals surface area contributed by atoms with Crippen molar-refractivity contribution in [2.24, 2.45) is 0 Å². The van der Waals surface area contributed by atoms with Gasteiger partial charge in [0.2, 0.25) is 0 Å². The summed E-state index contributed by atoms with van der Waals surface area (Å²) in [5.41, 5.74) is 2.14. The van der Waals surface area contributed by atoms with Crippen LogP contribution >= 0.6 is 0 Å². The van der Waals surface area contributed by atoms with Gasteiger partial charge in [0.15, 0.2) is 0 Å². The summed E-state index contributed by atoms with van der Waals surface area (Å²) in [7, 11) is -0.205. The normalized spacial score (nSPS) is 31.1. The number of hydrogen-bond donors (Lipinski definition) is 0. The van der Waals surface area contributed by atoms with Crippen molar-refractivity contribution in [3.05, 3.63) is 47.4 Å². The van der Waals surface area contributed by atoms with Crippen LogP contribution in [-0.2, 0) is 15.9 Å². The van der Waals surface area contributed by atoms with Crippen LogP contribution in [0.5, 0.6) is 0 Å². The fraction of sp³-hybridized carbons (Fsp3) is 0.619. The van der Waals surface area contributed by atoms with Crippen LogP contribution in [0.1, 0.15) is 40.2 Å². The molecule has 3 aliphatic heterocycles. The average molecular weight is 354 g/mol. The van der Waals surface area contributed by atoms with E-state index in [1.54, 1.807) is 0 Å². The van der Waals surface area contributed by atoms with Gasteiger partial charge in [0.1, 0.15) is 0 Å². The van der Waals surface area contributed by atoms with E-state index in [2.05, 4.69) is 80.8 Å². The Morgan fingerprint density at radius 1 is 1.04 bits per heavy atom. The highest BCUT2D eigenvalue weighted by atomic mass is 16.7. The zero-order chi connectivity index (χ0) is 18.5. The topological polar surface area (TPSA) is 24.9 Å². The van der Waals surface area contributed by atoms with Gasteiger partial charge in [-0.3, -0.25) is 9.80 Å².